The van der Waals surface area contributed by atoms with Crippen LogP contribution >= 0.6 is 22.9 Å². The standard InChI is InChI=1S/C16H16ClN3OS/c1-10(11-3-5-12(17)6-4-11)20(2)9-14-18-13-7-8-22-15(13)16(21)19-14/h3-8,10H,9H2,1-2H3,(H,18,19,21). The van der Waals surface area contributed by atoms with Gasteiger partial charge in [-0.1, -0.05) is 23.7 Å². The monoisotopic (exact) mass is 333 g/mol. The predicted molar refractivity (Wildman–Crippen MR) is 91.6 cm³/mol. The van der Waals surface area contributed by atoms with Gasteiger partial charge in [0.05, 0.1) is 12.1 Å². The van der Waals surface area contributed by atoms with Gasteiger partial charge in [-0.3, -0.25) is 9.69 Å². The van der Waals surface area contributed by atoms with Crippen molar-refractivity contribution in [2.24, 2.45) is 0 Å². The van der Waals surface area contributed by atoms with Crippen molar-refractivity contribution in [2.45, 2.75) is 19.5 Å². The van der Waals surface area contributed by atoms with Gasteiger partial charge in [-0.2, -0.15) is 0 Å². The van der Waals surface area contributed by atoms with E-state index in [-0.39, 0.29) is 11.6 Å². The van der Waals surface area contributed by atoms with Crippen LogP contribution in [-0.2, 0) is 6.54 Å². The molecule has 0 radical (unpaired) electrons. The minimum Gasteiger partial charge on any atom is -0.308 e. The summed E-state index contributed by atoms with van der Waals surface area (Å²) in [6, 6.07) is 9.88. The first kappa shape index (κ1) is 15.2. The number of thiophene rings is 1. The Labute approximate surface area is 137 Å². The zero-order chi connectivity index (χ0) is 15.7. The van der Waals surface area contributed by atoms with Gasteiger partial charge in [0.2, 0.25) is 0 Å². The smallest absolute Gasteiger partial charge is 0.268 e. The lowest BCUT2D eigenvalue weighted by Crippen LogP contribution is -2.24. The first-order valence-corrected chi connectivity index (χ1v) is 8.22. The Balaban J connectivity index is 1.81. The van der Waals surface area contributed by atoms with Gasteiger partial charge < -0.3 is 4.98 Å². The first-order valence-electron chi connectivity index (χ1n) is 6.96. The number of hydrogen-bond donors (Lipinski definition) is 1. The molecular weight excluding hydrogens is 318 g/mol. The summed E-state index contributed by atoms with van der Waals surface area (Å²) in [6.07, 6.45) is 0. The molecule has 114 valence electrons. The average molecular weight is 334 g/mol. The highest BCUT2D eigenvalue weighted by Gasteiger charge is 2.14. The highest BCUT2D eigenvalue weighted by Crippen LogP contribution is 2.22. The van der Waals surface area contributed by atoms with Crippen LogP contribution in [0.5, 0.6) is 0 Å². The number of hydrogen-bond acceptors (Lipinski definition) is 4. The molecule has 1 unspecified atom stereocenters. The third-order valence-corrected chi connectivity index (χ3v) is 4.93. The summed E-state index contributed by atoms with van der Waals surface area (Å²) in [6.45, 7) is 2.69. The summed E-state index contributed by atoms with van der Waals surface area (Å²) < 4.78 is 0.678. The molecule has 3 rings (SSSR count). The Kier molecular flexibility index (Phi) is 4.29. The maximum absolute atomic E-state index is 12.0. The van der Waals surface area contributed by atoms with Crippen LogP contribution in [0.15, 0.2) is 40.5 Å². The molecule has 2 heterocycles. The molecule has 0 amide bonds. The quantitative estimate of drug-likeness (QED) is 0.789. The molecule has 0 fully saturated rings. The molecule has 0 spiro atoms. The van der Waals surface area contributed by atoms with Gasteiger partial charge in [0.15, 0.2) is 0 Å². The number of H-pyrrole nitrogens is 1. The fourth-order valence-electron chi connectivity index (χ4n) is 2.37. The van der Waals surface area contributed by atoms with Crippen LogP contribution in [0.25, 0.3) is 10.2 Å². The normalized spacial score (nSPS) is 12.9. The lowest BCUT2D eigenvalue weighted by molar-refractivity contribution is 0.247. The SMILES string of the molecule is CC(c1ccc(Cl)cc1)N(C)Cc1nc2ccsc2c(=O)[nH]1. The molecule has 0 saturated carbocycles. The van der Waals surface area contributed by atoms with E-state index in [0.29, 0.717) is 17.1 Å². The number of benzene rings is 1. The minimum atomic E-state index is -0.0671. The molecular formula is C16H16ClN3OS. The number of halogens is 1. The summed E-state index contributed by atoms with van der Waals surface area (Å²) in [4.78, 5) is 21.5. The fourth-order valence-corrected chi connectivity index (χ4v) is 3.22. The van der Waals surface area contributed by atoms with Crippen LogP contribution < -0.4 is 5.56 Å². The maximum atomic E-state index is 12.0. The van der Waals surface area contributed by atoms with Crippen molar-refractivity contribution < 1.29 is 0 Å². The van der Waals surface area contributed by atoms with E-state index in [1.165, 1.54) is 16.9 Å². The van der Waals surface area contributed by atoms with Crippen LogP contribution in [-0.4, -0.2) is 21.9 Å². The Morgan fingerprint density at radius 3 is 2.77 bits per heavy atom. The number of fused-ring (bicyclic) bond motifs is 1. The van der Waals surface area contributed by atoms with Crippen molar-refractivity contribution in [3.05, 3.63) is 62.5 Å². The molecule has 0 aliphatic rings. The van der Waals surface area contributed by atoms with Gasteiger partial charge in [-0.25, -0.2) is 4.98 Å². The summed E-state index contributed by atoms with van der Waals surface area (Å²) in [5.74, 6) is 0.680. The van der Waals surface area contributed by atoms with Gasteiger partial charge in [-0.05, 0) is 43.1 Å². The molecule has 3 aromatic rings. The van der Waals surface area contributed by atoms with E-state index in [9.17, 15) is 4.79 Å². The first-order chi connectivity index (χ1) is 10.5. The lowest BCUT2D eigenvalue weighted by Gasteiger charge is -2.24. The summed E-state index contributed by atoms with van der Waals surface area (Å²) >= 11 is 7.34. The zero-order valence-corrected chi connectivity index (χ0v) is 13.9. The highest BCUT2D eigenvalue weighted by molar-refractivity contribution is 7.17. The Morgan fingerprint density at radius 2 is 2.05 bits per heavy atom. The van der Waals surface area contributed by atoms with Crippen molar-refractivity contribution in [3.63, 3.8) is 0 Å². The molecule has 1 N–H and O–H groups in total. The predicted octanol–water partition coefficient (Wildman–Crippen LogP) is 3.83. The third kappa shape index (κ3) is 3.06. The van der Waals surface area contributed by atoms with E-state index in [4.69, 9.17) is 11.6 Å². The van der Waals surface area contributed by atoms with E-state index in [1.54, 1.807) is 0 Å². The molecule has 0 saturated heterocycles. The zero-order valence-electron chi connectivity index (χ0n) is 12.3. The molecule has 0 aliphatic heterocycles. The number of aromatic nitrogens is 2. The van der Waals surface area contributed by atoms with E-state index in [2.05, 4.69) is 21.8 Å². The second-order valence-electron chi connectivity index (χ2n) is 5.29. The topological polar surface area (TPSA) is 49.0 Å². The summed E-state index contributed by atoms with van der Waals surface area (Å²) in [5, 5.41) is 2.61. The second kappa shape index (κ2) is 6.20. The van der Waals surface area contributed by atoms with Gasteiger partial charge in [0.25, 0.3) is 5.56 Å². The van der Waals surface area contributed by atoms with Crippen LogP contribution in [0.4, 0.5) is 0 Å². The number of aromatic amines is 1. The summed E-state index contributed by atoms with van der Waals surface area (Å²) in [5.41, 5.74) is 1.87. The van der Waals surface area contributed by atoms with Crippen LogP contribution in [0.3, 0.4) is 0 Å². The Bertz CT molecular complexity index is 840. The Morgan fingerprint density at radius 1 is 1.32 bits per heavy atom. The van der Waals surface area contributed by atoms with E-state index < -0.39 is 0 Å². The number of rotatable bonds is 4. The van der Waals surface area contributed by atoms with Crippen LogP contribution in [0.2, 0.25) is 5.02 Å². The second-order valence-corrected chi connectivity index (χ2v) is 6.64. The maximum Gasteiger partial charge on any atom is 0.268 e. The molecule has 22 heavy (non-hydrogen) atoms. The Hall–Kier alpha value is -1.69. The molecule has 0 aliphatic carbocycles. The van der Waals surface area contributed by atoms with Crippen molar-refractivity contribution in [1.29, 1.82) is 0 Å². The van der Waals surface area contributed by atoms with Crippen molar-refractivity contribution in [2.75, 3.05) is 7.05 Å². The van der Waals surface area contributed by atoms with Gasteiger partial charge in [-0.15, -0.1) is 11.3 Å². The van der Waals surface area contributed by atoms with Gasteiger partial charge >= 0.3 is 0 Å². The minimum absolute atomic E-state index is 0.0671. The molecule has 0 bridgehead atoms. The van der Waals surface area contributed by atoms with E-state index in [0.717, 1.165) is 10.5 Å². The fraction of sp³-hybridized carbons (Fsp3) is 0.250. The number of nitrogens with zero attached hydrogens (tertiary/aromatic N) is 2. The number of nitrogens with one attached hydrogen (secondary N) is 1. The molecule has 4 nitrogen and oxygen atoms in total. The van der Waals surface area contributed by atoms with Gasteiger partial charge in [0.1, 0.15) is 10.5 Å². The molecule has 6 heteroatoms. The highest BCUT2D eigenvalue weighted by atomic mass is 35.5. The molecule has 2 aromatic heterocycles. The third-order valence-electron chi connectivity index (χ3n) is 3.78. The van der Waals surface area contributed by atoms with Crippen molar-refractivity contribution in [3.8, 4) is 0 Å². The van der Waals surface area contributed by atoms with Gasteiger partial charge in [0, 0.05) is 11.1 Å². The lowest BCUT2D eigenvalue weighted by atomic mass is 10.1. The summed E-state index contributed by atoms with van der Waals surface area (Å²) in [7, 11) is 2.01. The van der Waals surface area contributed by atoms with E-state index >= 15 is 0 Å². The largest absolute Gasteiger partial charge is 0.308 e. The molecule has 1 atom stereocenters. The van der Waals surface area contributed by atoms with Crippen molar-refractivity contribution >= 4 is 33.2 Å². The molecule has 1 aromatic carbocycles. The van der Waals surface area contributed by atoms with Crippen molar-refractivity contribution in [1.82, 2.24) is 14.9 Å². The average Bonchev–Trinajstić information content (AvgIpc) is 2.96. The van der Waals surface area contributed by atoms with Crippen LogP contribution in [0.1, 0.15) is 24.4 Å². The van der Waals surface area contributed by atoms with E-state index in [1.807, 2.05) is 42.8 Å². The van der Waals surface area contributed by atoms with Crippen LogP contribution in [0, 0.1) is 0 Å².